The fraction of sp³-hybridized carbons (Fsp3) is 1.00. The molecule has 0 radical (unpaired) electrons. The summed E-state index contributed by atoms with van der Waals surface area (Å²) in [5.74, 6) is 0.992. The van der Waals surface area contributed by atoms with Gasteiger partial charge in [0.05, 0.1) is 0 Å². The Morgan fingerprint density at radius 3 is 2.07 bits per heavy atom. The van der Waals surface area contributed by atoms with Crippen molar-refractivity contribution < 1.29 is 0 Å². The lowest BCUT2D eigenvalue weighted by atomic mass is 9.48. The quantitative estimate of drug-likeness (QED) is 0.620. The summed E-state index contributed by atoms with van der Waals surface area (Å²) in [6, 6.07) is 0. The Kier molecular flexibility index (Phi) is 2.40. The first-order valence-electron chi connectivity index (χ1n) is 6.35. The standard InChI is InChI=1S/C13H20Br2/c1-2-3-11-4-10-5-12(14,7-11)9-13(15,6-10)8-11/h10H,2-9H2,1H3. The summed E-state index contributed by atoms with van der Waals surface area (Å²) in [5.41, 5.74) is 0.682. The van der Waals surface area contributed by atoms with Gasteiger partial charge in [-0.2, -0.15) is 0 Å². The van der Waals surface area contributed by atoms with Gasteiger partial charge in [0, 0.05) is 8.65 Å². The molecule has 0 aromatic heterocycles. The smallest absolute Gasteiger partial charge is 0.0279 e. The van der Waals surface area contributed by atoms with Crippen LogP contribution in [0.5, 0.6) is 0 Å². The highest BCUT2D eigenvalue weighted by Gasteiger charge is 2.61. The van der Waals surface area contributed by atoms with Crippen LogP contribution in [0.15, 0.2) is 0 Å². The molecular weight excluding hydrogens is 316 g/mol. The van der Waals surface area contributed by atoms with Crippen molar-refractivity contribution in [3.63, 3.8) is 0 Å². The fourth-order valence-corrected chi connectivity index (χ4v) is 8.76. The lowest BCUT2D eigenvalue weighted by molar-refractivity contribution is -0.0226. The van der Waals surface area contributed by atoms with E-state index in [9.17, 15) is 0 Å². The first-order valence-corrected chi connectivity index (χ1v) is 7.93. The Morgan fingerprint density at radius 2 is 1.60 bits per heavy atom. The molecule has 0 nitrogen and oxygen atoms in total. The molecule has 0 heterocycles. The zero-order valence-electron chi connectivity index (χ0n) is 9.49. The van der Waals surface area contributed by atoms with Crippen LogP contribution in [0.4, 0.5) is 0 Å². The van der Waals surface area contributed by atoms with E-state index in [-0.39, 0.29) is 0 Å². The van der Waals surface area contributed by atoms with Gasteiger partial charge in [0.1, 0.15) is 0 Å². The molecule has 86 valence electrons. The molecule has 4 fully saturated rings. The van der Waals surface area contributed by atoms with Crippen molar-refractivity contribution in [2.45, 2.75) is 66.9 Å². The van der Waals surface area contributed by atoms with Crippen LogP contribution < -0.4 is 0 Å². The van der Waals surface area contributed by atoms with Crippen molar-refractivity contribution in [1.82, 2.24) is 0 Å². The summed E-state index contributed by atoms with van der Waals surface area (Å²) < 4.78 is 0.982. The molecule has 0 spiro atoms. The van der Waals surface area contributed by atoms with Crippen LogP contribution in [0.25, 0.3) is 0 Å². The zero-order chi connectivity index (χ0) is 10.7. The third kappa shape index (κ3) is 1.74. The van der Waals surface area contributed by atoms with Gasteiger partial charge in [0.15, 0.2) is 0 Å². The molecule has 0 N–H and O–H groups in total. The zero-order valence-corrected chi connectivity index (χ0v) is 12.7. The molecule has 0 aromatic carbocycles. The summed E-state index contributed by atoms with van der Waals surface area (Å²) in [7, 11) is 0. The number of hydrogen-bond acceptors (Lipinski definition) is 0. The Bertz CT molecular complexity index is 268. The molecule has 15 heavy (non-hydrogen) atoms. The summed E-state index contributed by atoms with van der Waals surface area (Å²) in [6.07, 6.45) is 11.4. The molecule has 2 atom stereocenters. The molecule has 4 aliphatic carbocycles. The Labute approximate surface area is 110 Å². The summed E-state index contributed by atoms with van der Waals surface area (Å²) in [5, 5.41) is 0. The van der Waals surface area contributed by atoms with Crippen LogP contribution in [-0.4, -0.2) is 8.65 Å². The molecule has 0 amide bonds. The Morgan fingerprint density at radius 1 is 1.00 bits per heavy atom. The van der Waals surface area contributed by atoms with E-state index in [1.54, 1.807) is 0 Å². The van der Waals surface area contributed by atoms with Crippen molar-refractivity contribution in [3.05, 3.63) is 0 Å². The van der Waals surface area contributed by atoms with E-state index in [0.717, 1.165) is 5.92 Å². The van der Waals surface area contributed by atoms with Crippen LogP contribution in [0.3, 0.4) is 0 Å². The van der Waals surface area contributed by atoms with Gasteiger partial charge >= 0.3 is 0 Å². The van der Waals surface area contributed by atoms with Gasteiger partial charge < -0.3 is 0 Å². The van der Waals surface area contributed by atoms with E-state index in [2.05, 4.69) is 38.8 Å². The van der Waals surface area contributed by atoms with Gasteiger partial charge in [0.2, 0.25) is 0 Å². The van der Waals surface area contributed by atoms with Crippen LogP contribution >= 0.6 is 31.9 Å². The first-order chi connectivity index (χ1) is 6.97. The van der Waals surface area contributed by atoms with Gasteiger partial charge in [0.25, 0.3) is 0 Å². The summed E-state index contributed by atoms with van der Waals surface area (Å²) in [4.78, 5) is 0. The highest BCUT2D eigenvalue weighted by atomic mass is 79.9. The minimum atomic E-state index is 0.491. The molecule has 2 unspecified atom stereocenters. The van der Waals surface area contributed by atoms with Crippen molar-refractivity contribution in [1.29, 1.82) is 0 Å². The molecular formula is C13H20Br2. The largest absolute Gasteiger partial charge is 0.0852 e. The van der Waals surface area contributed by atoms with Crippen LogP contribution in [0.1, 0.15) is 58.3 Å². The summed E-state index contributed by atoms with van der Waals surface area (Å²) in [6.45, 7) is 2.35. The minimum absolute atomic E-state index is 0.491. The lowest BCUT2D eigenvalue weighted by Crippen LogP contribution is -2.58. The molecule has 0 aromatic rings. The van der Waals surface area contributed by atoms with Gasteiger partial charge in [-0.05, 0) is 56.3 Å². The van der Waals surface area contributed by atoms with E-state index < -0.39 is 0 Å². The van der Waals surface area contributed by atoms with Gasteiger partial charge in [-0.3, -0.25) is 0 Å². The maximum Gasteiger partial charge on any atom is 0.0279 e. The van der Waals surface area contributed by atoms with Crippen molar-refractivity contribution in [3.8, 4) is 0 Å². The van der Waals surface area contributed by atoms with E-state index in [1.807, 2.05) is 0 Å². The van der Waals surface area contributed by atoms with E-state index >= 15 is 0 Å². The van der Waals surface area contributed by atoms with Crippen molar-refractivity contribution in [2.75, 3.05) is 0 Å². The minimum Gasteiger partial charge on any atom is -0.0852 e. The van der Waals surface area contributed by atoms with Crippen LogP contribution in [-0.2, 0) is 0 Å². The number of rotatable bonds is 2. The topological polar surface area (TPSA) is 0 Å². The van der Waals surface area contributed by atoms with E-state index in [1.165, 1.54) is 51.4 Å². The Hall–Kier alpha value is 0.960. The number of halogens is 2. The fourth-order valence-electron chi connectivity index (χ4n) is 5.21. The predicted molar refractivity (Wildman–Crippen MR) is 71.8 cm³/mol. The maximum atomic E-state index is 4.07. The SMILES string of the molecule is CCCC12CC3CC(Br)(CC(Br)(C3)C1)C2. The van der Waals surface area contributed by atoms with Gasteiger partial charge in [-0.25, -0.2) is 0 Å². The molecule has 0 aliphatic heterocycles. The van der Waals surface area contributed by atoms with Crippen molar-refractivity contribution in [2.24, 2.45) is 11.3 Å². The Balaban J connectivity index is 1.94. The maximum absolute atomic E-state index is 4.07. The van der Waals surface area contributed by atoms with Crippen LogP contribution in [0.2, 0.25) is 0 Å². The van der Waals surface area contributed by atoms with E-state index in [4.69, 9.17) is 0 Å². The third-order valence-electron chi connectivity index (χ3n) is 4.83. The molecule has 4 aliphatic rings. The average molecular weight is 336 g/mol. The van der Waals surface area contributed by atoms with Crippen LogP contribution in [0, 0.1) is 11.3 Å². The molecule has 0 saturated heterocycles. The normalized spacial score (nSPS) is 57.4. The average Bonchev–Trinajstić information content (AvgIpc) is 1.94. The number of alkyl halides is 2. The lowest BCUT2D eigenvalue weighted by Gasteiger charge is -2.63. The van der Waals surface area contributed by atoms with E-state index in [0.29, 0.717) is 14.1 Å². The highest BCUT2D eigenvalue weighted by Crippen LogP contribution is 2.69. The molecule has 2 heteroatoms. The summed E-state index contributed by atoms with van der Waals surface area (Å²) >= 11 is 8.14. The predicted octanol–water partition coefficient (Wildman–Crippen LogP) is 5.04. The van der Waals surface area contributed by atoms with Crippen molar-refractivity contribution >= 4 is 31.9 Å². The molecule has 4 saturated carbocycles. The molecule has 4 rings (SSSR count). The third-order valence-corrected chi connectivity index (χ3v) is 6.60. The highest BCUT2D eigenvalue weighted by molar-refractivity contribution is 9.10. The molecule has 4 bridgehead atoms. The second-order valence-corrected chi connectivity index (χ2v) is 9.92. The second kappa shape index (κ2) is 3.25. The second-order valence-electron chi connectivity index (χ2n) is 6.56. The number of hydrogen-bond donors (Lipinski definition) is 0. The van der Waals surface area contributed by atoms with Gasteiger partial charge in [-0.15, -0.1) is 0 Å². The first kappa shape index (κ1) is 11.1. The monoisotopic (exact) mass is 334 g/mol. The van der Waals surface area contributed by atoms with Gasteiger partial charge in [-0.1, -0.05) is 45.2 Å².